The van der Waals surface area contributed by atoms with E-state index >= 15 is 0 Å². The van der Waals surface area contributed by atoms with Crippen LogP contribution in [0.15, 0.2) is 29.4 Å². The first-order valence-electron chi connectivity index (χ1n) is 7.92. The summed E-state index contributed by atoms with van der Waals surface area (Å²) in [4.78, 5) is 15.8. The number of rotatable bonds is 3. The molecule has 0 radical (unpaired) electrons. The lowest BCUT2D eigenvalue weighted by atomic mass is 10.1. The van der Waals surface area contributed by atoms with E-state index in [-0.39, 0.29) is 22.8 Å². The molecule has 24 heavy (non-hydrogen) atoms. The molecule has 0 aliphatic carbocycles. The van der Waals surface area contributed by atoms with Crippen molar-refractivity contribution < 1.29 is 18.3 Å². The molecule has 0 saturated carbocycles. The van der Waals surface area contributed by atoms with Crippen LogP contribution in [0.1, 0.15) is 34.6 Å². The topological polar surface area (TPSA) is 92.5 Å². The van der Waals surface area contributed by atoms with Crippen LogP contribution in [0.5, 0.6) is 0 Å². The fourth-order valence-corrected chi connectivity index (χ4v) is 4.95. The minimum Gasteiger partial charge on any atom is -0.478 e. The highest BCUT2D eigenvalue weighted by Crippen LogP contribution is 2.36. The quantitative estimate of drug-likeness (QED) is 0.912. The number of carboxylic acids is 1. The second-order valence-corrected chi connectivity index (χ2v) is 7.90. The lowest BCUT2D eigenvalue weighted by Gasteiger charge is -2.19. The Hall–Kier alpha value is -2.35. The zero-order chi connectivity index (χ0) is 16.9. The number of nitrogens with zero attached hydrogens (tertiary/aromatic N) is 3. The van der Waals surface area contributed by atoms with Gasteiger partial charge in [0, 0.05) is 25.7 Å². The number of anilines is 1. The Bertz CT molecular complexity index is 909. The monoisotopic (exact) mass is 347 g/mol. The molecule has 2 aromatic rings. The minimum absolute atomic E-state index is 0.00689. The zero-order valence-corrected chi connectivity index (χ0v) is 13.8. The van der Waals surface area contributed by atoms with Gasteiger partial charge in [0.1, 0.15) is 5.82 Å². The summed E-state index contributed by atoms with van der Waals surface area (Å²) >= 11 is 0. The number of sulfonamides is 1. The Labute approximate surface area is 139 Å². The van der Waals surface area contributed by atoms with Gasteiger partial charge in [0.05, 0.1) is 11.3 Å². The van der Waals surface area contributed by atoms with Crippen molar-refractivity contribution in [1.82, 2.24) is 9.55 Å². The van der Waals surface area contributed by atoms with E-state index in [0.717, 1.165) is 37.2 Å². The number of carbonyl (C=O) groups is 1. The van der Waals surface area contributed by atoms with Gasteiger partial charge in [-0.25, -0.2) is 9.78 Å². The molecule has 0 atom stereocenters. The maximum absolute atomic E-state index is 13.0. The van der Waals surface area contributed by atoms with Gasteiger partial charge in [-0.05, 0) is 30.9 Å². The van der Waals surface area contributed by atoms with E-state index in [2.05, 4.69) is 4.98 Å². The van der Waals surface area contributed by atoms with Crippen molar-refractivity contribution in [2.45, 2.75) is 37.3 Å². The summed E-state index contributed by atoms with van der Waals surface area (Å²) in [5.74, 6) is -0.344. The fraction of sp³-hybridized carbons (Fsp3) is 0.375. The smallest absolute Gasteiger partial charge is 0.337 e. The number of benzene rings is 1. The van der Waals surface area contributed by atoms with Crippen LogP contribution in [0.25, 0.3) is 0 Å². The van der Waals surface area contributed by atoms with Crippen molar-refractivity contribution >= 4 is 21.7 Å². The number of carboxylic acid groups (broad SMARTS) is 1. The predicted octanol–water partition coefficient (Wildman–Crippen LogP) is 1.67. The molecule has 0 spiro atoms. The van der Waals surface area contributed by atoms with Crippen LogP contribution in [0.4, 0.5) is 5.69 Å². The Morgan fingerprint density at radius 1 is 1.17 bits per heavy atom. The van der Waals surface area contributed by atoms with E-state index in [4.69, 9.17) is 0 Å². The molecule has 1 aromatic carbocycles. The Morgan fingerprint density at radius 2 is 2.00 bits per heavy atom. The summed E-state index contributed by atoms with van der Waals surface area (Å²) in [6, 6.07) is 4.86. The molecule has 8 heteroatoms. The maximum Gasteiger partial charge on any atom is 0.337 e. The van der Waals surface area contributed by atoms with Gasteiger partial charge in [-0.15, -0.1) is 0 Å². The molecule has 3 heterocycles. The molecule has 1 aromatic heterocycles. The second-order valence-electron chi connectivity index (χ2n) is 6.09. The molecule has 0 unspecified atom stereocenters. The van der Waals surface area contributed by atoms with Gasteiger partial charge in [0.25, 0.3) is 10.0 Å². The molecule has 4 rings (SSSR count). The number of fused-ring (bicyclic) bond motifs is 2. The van der Waals surface area contributed by atoms with Crippen LogP contribution in [0.2, 0.25) is 0 Å². The Morgan fingerprint density at radius 3 is 2.75 bits per heavy atom. The van der Waals surface area contributed by atoms with E-state index in [9.17, 15) is 18.3 Å². The Kier molecular flexibility index (Phi) is 3.38. The largest absolute Gasteiger partial charge is 0.478 e. The minimum atomic E-state index is -3.86. The van der Waals surface area contributed by atoms with Gasteiger partial charge < -0.3 is 9.67 Å². The molecule has 0 saturated heterocycles. The van der Waals surface area contributed by atoms with E-state index in [0.29, 0.717) is 6.42 Å². The lowest BCUT2D eigenvalue weighted by molar-refractivity contribution is 0.0698. The van der Waals surface area contributed by atoms with Crippen molar-refractivity contribution in [2.24, 2.45) is 0 Å². The molecule has 1 N–H and O–H groups in total. The van der Waals surface area contributed by atoms with E-state index in [1.807, 2.05) is 4.57 Å². The molecule has 0 bridgehead atoms. The highest BCUT2D eigenvalue weighted by Gasteiger charge is 2.36. The number of imidazole rings is 1. The van der Waals surface area contributed by atoms with Gasteiger partial charge in [0.2, 0.25) is 0 Å². The van der Waals surface area contributed by atoms with Crippen LogP contribution in [0, 0.1) is 0 Å². The van der Waals surface area contributed by atoms with E-state index in [1.54, 1.807) is 18.3 Å². The molecular formula is C16H17N3O4S. The maximum atomic E-state index is 13.0. The number of aromatic nitrogens is 2. The van der Waals surface area contributed by atoms with E-state index in [1.165, 1.54) is 10.4 Å². The summed E-state index contributed by atoms with van der Waals surface area (Å²) < 4.78 is 29.2. The summed E-state index contributed by atoms with van der Waals surface area (Å²) in [7, 11) is -3.86. The Balaban J connectivity index is 1.81. The third-order valence-electron chi connectivity index (χ3n) is 4.62. The highest BCUT2D eigenvalue weighted by atomic mass is 32.2. The number of hydrogen-bond acceptors (Lipinski definition) is 4. The van der Waals surface area contributed by atoms with E-state index < -0.39 is 16.0 Å². The SMILES string of the molecule is O=C(O)c1cccc2c1N(S(=O)(=O)c1cn3c(n1)CCCC3)CC2. The third-order valence-corrected chi connectivity index (χ3v) is 6.30. The van der Waals surface area contributed by atoms with Crippen LogP contribution in [-0.4, -0.2) is 35.6 Å². The van der Waals surface area contributed by atoms with Gasteiger partial charge in [-0.3, -0.25) is 4.31 Å². The van der Waals surface area contributed by atoms with Crippen molar-refractivity contribution in [3.63, 3.8) is 0 Å². The summed E-state index contributed by atoms with van der Waals surface area (Å²) in [5.41, 5.74) is 1.02. The third kappa shape index (κ3) is 2.21. The second kappa shape index (κ2) is 5.34. The zero-order valence-electron chi connectivity index (χ0n) is 13.0. The van der Waals surface area contributed by atoms with Crippen LogP contribution in [-0.2, 0) is 29.4 Å². The van der Waals surface area contributed by atoms with Gasteiger partial charge >= 0.3 is 5.97 Å². The van der Waals surface area contributed by atoms with Crippen LogP contribution < -0.4 is 4.31 Å². The van der Waals surface area contributed by atoms with Gasteiger partial charge in [-0.2, -0.15) is 8.42 Å². The summed E-state index contributed by atoms with van der Waals surface area (Å²) in [6.07, 6.45) is 4.87. The van der Waals surface area contributed by atoms with Crippen molar-refractivity contribution in [2.75, 3.05) is 10.8 Å². The number of aromatic carboxylic acids is 1. The van der Waals surface area contributed by atoms with Gasteiger partial charge in [0.15, 0.2) is 5.03 Å². The summed E-state index contributed by atoms with van der Waals surface area (Å²) in [6.45, 7) is 1.01. The van der Waals surface area contributed by atoms with Crippen LogP contribution in [0.3, 0.4) is 0 Å². The first-order valence-corrected chi connectivity index (χ1v) is 9.36. The van der Waals surface area contributed by atoms with Crippen molar-refractivity contribution in [1.29, 1.82) is 0 Å². The number of hydrogen-bond donors (Lipinski definition) is 1. The molecule has 2 aliphatic heterocycles. The lowest BCUT2D eigenvalue weighted by Crippen LogP contribution is -2.30. The highest BCUT2D eigenvalue weighted by molar-refractivity contribution is 7.92. The molecular weight excluding hydrogens is 330 g/mol. The molecule has 7 nitrogen and oxygen atoms in total. The molecule has 126 valence electrons. The fourth-order valence-electron chi connectivity index (χ4n) is 3.46. The standard InChI is InChI=1S/C16H17N3O4S/c20-16(21)12-5-3-4-11-7-9-19(15(11)12)24(22,23)14-10-18-8-2-1-6-13(18)17-14/h3-5,10H,1-2,6-9H2,(H,20,21). The number of para-hydroxylation sites is 1. The average Bonchev–Trinajstić information content (AvgIpc) is 3.19. The first-order chi connectivity index (χ1) is 11.5. The number of aryl methyl sites for hydroxylation is 2. The first kappa shape index (κ1) is 15.2. The van der Waals surface area contributed by atoms with Crippen LogP contribution >= 0.6 is 0 Å². The normalized spacial score (nSPS) is 16.8. The van der Waals surface area contributed by atoms with Crippen molar-refractivity contribution in [3.8, 4) is 0 Å². The average molecular weight is 347 g/mol. The molecule has 0 amide bonds. The summed E-state index contributed by atoms with van der Waals surface area (Å²) in [5, 5.41) is 9.40. The van der Waals surface area contributed by atoms with Gasteiger partial charge in [-0.1, -0.05) is 12.1 Å². The van der Waals surface area contributed by atoms with Crippen molar-refractivity contribution in [3.05, 3.63) is 41.3 Å². The predicted molar refractivity (Wildman–Crippen MR) is 86.8 cm³/mol. The molecule has 2 aliphatic rings. The molecule has 0 fully saturated rings.